The van der Waals surface area contributed by atoms with Crippen LogP contribution in [0, 0.1) is 0 Å². The summed E-state index contributed by atoms with van der Waals surface area (Å²) >= 11 is 0. The SMILES string of the molecule is CC[C@@](C)(C(=O)OC)n1nnc2c(C(N)=O)ncn2c1=O. The molecule has 0 spiro atoms. The lowest BCUT2D eigenvalue weighted by Crippen LogP contribution is -2.48. The van der Waals surface area contributed by atoms with Gasteiger partial charge < -0.3 is 10.5 Å². The molecule has 21 heavy (non-hydrogen) atoms. The van der Waals surface area contributed by atoms with Gasteiger partial charge in [0.05, 0.1) is 7.11 Å². The van der Waals surface area contributed by atoms with Gasteiger partial charge in [0.2, 0.25) is 0 Å². The first-order valence-corrected chi connectivity index (χ1v) is 6.08. The molecule has 2 heterocycles. The van der Waals surface area contributed by atoms with E-state index in [9.17, 15) is 14.4 Å². The maximum absolute atomic E-state index is 12.4. The average Bonchev–Trinajstić information content (AvgIpc) is 2.91. The van der Waals surface area contributed by atoms with E-state index in [4.69, 9.17) is 10.5 Å². The van der Waals surface area contributed by atoms with E-state index in [1.54, 1.807) is 6.92 Å². The number of carbonyl (C=O) groups excluding carboxylic acids is 2. The predicted molar refractivity (Wildman–Crippen MR) is 69.5 cm³/mol. The topological polar surface area (TPSA) is 134 Å². The van der Waals surface area contributed by atoms with Crippen LogP contribution in [0.1, 0.15) is 30.8 Å². The van der Waals surface area contributed by atoms with Gasteiger partial charge in [0.1, 0.15) is 6.33 Å². The van der Waals surface area contributed by atoms with Crippen molar-refractivity contribution in [1.82, 2.24) is 24.4 Å². The number of primary amides is 1. The van der Waals surface area contributed by atoms with E-state index < -0.39 is 23.1 Å². The fourth-order valence-corrected chi connectivity index (χ4v) is 1.89. The number of nitrogens with zero attached hydrogens (tertiary/aromatic N) is 5. The summed E-state index contributed by atoms with van der Waals surface area (Å²) in [6.07, 6.45) is 1.37. The summed E-state index contributed by atoms with van der Waals surface area (Å²) in [5.74, 6) is -1.45. The molecule has 0 fully saturated rings. The van der Waals surface area contributed by atoms with Crippen LogP contribution < -0.4 is 11.4 Å². The Hall–Kier alpha value is -2.78. The molecular formula is C11H14N6O4. The standard InChI is InChI=1S/C11H14N6O4/c1-4-11(2,9(19)21-3)17-10(20)16-5-13-6(7(12)18)8(16)14-15-17/h5H,4H2,1-3H3,(H2,12,18)/t11-/m0/s1. The molecule has 2 N–H and O–H groups in total. The molecule has 112 valence electrons. The number of ether oxygens (including phenoxy) is 1. The number of imidazole rings is 1. The molecule has 2 aromatic rings. The van der Waals surface area contributed by atoms with Crippen molar-refractivity contribution < 1.29 is 14.3 Å². The summed E-state index contributed by atoms with van der Waals surface area (Å²) in [6.45, 7) is 3.21. The normalized spacial score (nSPS) is 13.9. The molecule has 0 aliphatic heterocycles. The van der Waals surface area contributed by atoms with Gasteiger partial charge in [-0.25, -0.2) is 19.0 Å². The molecule has 0 saturated carbocycles. The average molecular weight is 294 g/mol. The predicted octanol–water partition coefficient (Wildman–Crippen LogP) is -1.32. The second kappa shape index (κ2) is 4.96. The van der Waals surface area contributed by atoms with Crippen molar-refractivity contribution in [2.45, 2.75) is 25.8 Å². The Morgan fingerprint density at radius 2 is 2.14 bits per heavy atom. The molecular weight excluding hydrogens is 280 g/mol. The maximum Gasteiger partial charge on any atom is 0.354 e. The molecule has 0 aromatic carbocycles. The molecule has 0 unspecified atom stereocenters. The van der Waals surface area contributed by atoms with Crippen LogP contribution in [0.3, 0.4) is 0 Å². The van der Waals surface area contributed by atoms with Gasteiger partial charge in [-0.05, 0) is 13.3 Å². The smallest absolute Gasteiger partial charge is 0.354 e. The number of nitrogens with two attached hydrogens (primary N) is 1. The van der Waals surface area contributed by atoms with Crippen molar-refractivity contribution >= 4 is 17.5 Å². The van der Waals surface area contributed by atoms with E-state index in [1.807, 2.05) is 0 Å². The van der Waals surface area contributed by atoms with E-state index in [0.29, 0.717) is 0 Å². The van der Waals surface area contributed by atoms with Gasteiger partial charge in [-0.2, -0.15) is 4.68 Å². The Labute approximate surface area is 118 Å². The van der Waals surface area contributed by atoms with Gasteiger partial charge in [-0.1, -0.05) is 12.1 Å². The van der Waals surface area contributed by atoms with Gasteiger partial charge in [0.25, 0.3) is 5.91 Å². The van der Waals surface area contributed by atoms with Crippen LogP contribution in [0.2, 0.25) is 0 Å². The number of aromatic nitrogens is 5. The zero-order valence-corrected chi connectivity index (χ0v) is 11.7. The number of rotatable bonds is 4. The summed E-state index contributed by atoms with van der Waals surface area (Å²) in [5.41, 5.74) is 2.92. The number of methoxy groups -OCH3 is 1. The van der Waals surface area contributed by atoms with Crippen LogP contribution in [0.15, 0.2) is 11.1 Å². The minimum atomic E-state index is -1.32. The Bertz CT molecular complexity index is 779. The number of hydrogen-bond acceptors (Lipinski definition) is 7. The molecule has 2 rings (SSSR count). The molecule has 1 amide bonds. The first kappa shape index (κ1) is 14.6. The van der Waals surface area contributed by atoms with Crippen LogP contribution in [-0.2, 0) is 15.1 Å². The highest BCUT2D eigenvalue weighted by molar-refractivity contribution is 5.96. The highest BCUT2D eigenvalue weighted by Gasteiger charge is 2.38. The van der Waals surface area contributed by atoms with Crippen molar-refractivity contribution in [2.24, 2.45) is 5.73 Å². The van der Waals surface area contributed by atoms with Gasteiger partial charge in [0, 0.05) is 0 Å². The number of fused-ring (bicyclic) bond motifs is 1. The van der Waals surface area contributed by atoms with Gasteiger partial charge >= 0.3 is 11.7 Å². The van der Waals surface area contributed by atoms with Gasteiger partial charge in [-0.3, -0.25) is 4.79 Å². The second-order valence-corrected chi connectivity index (χ2v) is 4.55. The lowest BCUT2D eigenvalue weighted by atomic mass is 10.00. The van der Waals surface area contributed by atoms with E-state index in [2.05, 4.69) is 15.3 Å². The van der Waals surface area contributed by atoms with Gasteiger partial charge in [-0.15, -0.1) is 5.10 Å². The second-order valence-electron chi connectivity index (χ2n) is 4.55. The Kier molecular flexibility index (Phi) is 3.45. The highest BCUT2D eigenvalue weighted by Crippen LogP contribution is 2.18. The van der Waals surface area contributed by atoms with E-state index in [1.165, 1.54) is 14.0 Å². The van der Waals surface area contributed by atoms with Crippen LogP contribution in [0.25, 0.3) is 5.65 Å². The molecule has 0 aliphatic carbocycles. The lowest BCUT2D eigenvalue weighted by Gasteiger charge is -2.25. The first-order valence-electron chi connectivity index (χ1n) is 6.08. The monoisotopic (exact) mass is 294 g/mol. The molecule has 0 saturated heterocycles. The third-order valence-corrected chi connectivity index (χ3v) is 3.37. The number of esters is 1. The summed E-state index contributed by atoms with van der Waals surface area (Å²) < 4.78 is 6.61. The Balaban J connectivity index is 2.73. The van der Waals surface area contributed by atoms with Crippen molar-refractivity contribution in [3.63, 3.8) is 0 Å². The Morgan fingerprint density at radius 1 is 1.48 bits per heavy atom. The largest absolute Gasteiger partial charge is 0.467 e. The number of hydrogen-bond donors (Lipinski definition) is 1. The maximum atomic E-state index is 12.4. The first-order chi connectivity index (χ1) is 9.86. The van der Waals surface area contributed by atoms with Crippen molar-refractivity contribution in [2.75, 3.05) is 7.11 Å². The third kappa shape index (κ3) is 2.04. The summed E-state index contributed by atoms with van der Waals surface area (Å²) in [7, 11) is 1.22. The third-order valence-electron chi connectivity index (χ3n) is 3.37. The number of amides is 1. The zero-order chi connectivity index (χ0) is 15.8. The lowest BCUT2D eigenvalue weighted by molar-refractivity contribution is -0.151. The molecule has 0 aliphatic rings. The molecule has 10 heteroatoms. The van der Waals surface area contributed by atoms with Crippen LogP contribution in [-0.4, -0.2) is 43.4 Å². The highest BCUT2D eigenvalue weighted by atomic mass is 16.5. The van der Waals surface area contributed by atoms with Gasteiger partial charge in [0.15, 0.2) is 16.9 Å². The summed E-state index contributed by atoms with van der Waals surface area (Å²) in [6, 6.07) is 0. The zero-order valence-electron chi connectivity index (χ0n) is 11.7. The van der Waals surface area contributed by atoms with Crippen molar-refractivity contribution in [3.8, 4) is 0 Å². The minimum Gasteiger partial charge on any atom is -0.467 e. The van der Waals surface area contributed by atoms with E-state index in [0.717, 1.165) is 15.4 Å². The molecule has 10 nitrogen and oxygen atoms in total. The number of carbonyl (C=O) groups is 2. The summed E-state index contributed by atoms with van der Waals surface area (Å²) in [5, 5.41) is 7.48. The minimum absolute atomic E-state index is 0.0629. The van der Waals surface area contributed by atoms with Crippen LogP contribution >= 0.6 is 0 Å². The van der Waals surface area contributed by atoms with E-state index >= 15 is 0 Å². The fraction of sp³-hybridized carbons (Fsp3) is 0.455. The van der Waals surface area contributed by atoms with Crippen molar-refractivity contribution in [1.29, 1.82) is 0 Å². The van der Waals surface area contributed by atoms with Crippen LogP contribution in [0.5, 0.6) is 0 Å². The molecule has 2 aromatic heterocycles. The van der Waals surface area contributed by atoms with Crippen molar-refractivity contribution in [3.05, 3.63) is 22.5 Å². The summed E-state index contributed by atoms with van der Waals surface area (Å²) in [4.78, 5) is 39.2. The molecule has 1 atom stereocenters. The molecule has 0 bridgehead atoms. The fourth-order valence-electron chi connectivity index (χ4n) is 1.89. The Morgan fingerprint density at radius 3 is 2.67 bits per heavy atom. The quantitative estimate of drug-likeness (QED) is 0.691. The van der Waals surface area contributed by atoms with Crippen LogP contribution in [0.4, 0.5) is 0 Å². The molecule has 0 radical (unpaired) electrons. The van der Waals surface area contributed by atoms with E-state index in [-0.39, 0.29) is 17.8 Å².